The molecule has 0 aliphatic heterocycles. The van der Waals surface area contributed by atoms with Gasteiger partial charge in [0.1, 0.15) is 19.3 Å². The summed E-state index contributed by atoms with van der Waals surface area (Å²) in [6, 6.07) is 0. The first-order valence-electron chi connectivity index (χ1n) is 42.0. The van der Waals surface area contributed by atoms with Gasteiger partial charge in [-0.15, -0.1) is 0 Å². The monoisotopic (exact) mass is 1470 g/mol. The van der Waals surface area contributed by atoms with Crippen LogP contribution in [-0.2, 0) is 65.4 Å². The van der Waals surface area contributed by atoms with E-state index in [1.807, 2.05) is 0 Å². The molecule has 0 aromatic heterocycles. The highest BCUT2D eigenvalue weighted by Crippen LogP contribution is 2.45. The Bertz CT molecular complexity index is 1930. The topological polar surface area (TPSA) is 237 Å². The van der Waals surface area contributed by atoms with E-state index in [4.69, 9.17) is 37.0 Å². The van der Waals surface area contributed by atoms with Crippen molar-refractivity contribution in [2.24, 2.45) is 11.8 Å². The highest BCUT2D eigenvalue weighted by atomic mass is 31.2. The zero-order chi connectivity index (χ0) is 73.5. The van der Waals surface area contributed by atoms with Gasteiger partial charge in [-0.1, -0.05) is 375 Å². The molecule has 100 heavy (non-hydrogen) atoms. The van der Waals surface area contributed by atoms with E-state index in [2.05, 4.69) is 41.5 Å². The lowest BCUT2D eigenvalue weighted by Crippen LogP contribution is -2.30. The summed E-state index contributed by atoms with van der Waals surface area (Å²) in [4.78, 5) is 73.0. The summed E-state index contributed by atoms with van der Waals surface area (Å²) in [6.45, 7) is 9.61. The molecule has 3 unspecified atom stereocenters. The van der Waals surface area contributed by atoms with Crippen molar-refractivity contribution >= 4 is 39.5 Å². The number of hydrogen-bond acceptors (Lipinski definition) is 15. The van der Waals surface area contributed by atoms with Gasteiger partial charge in [0, 0.05) is 25.7 Å². The van der Waals surface area contributed by atoms with Crippen LogP contribution in [-0.4, -0.2) is 96.7 Å². The van der Waals surface area contributed by atoms with Gasteiger partial charge in [-0.2, -0.15) is 0 Å². The molecule has 0 aliphatic rings. The fraction of sp³-hybridized carbons (Fsp3) is 0.951. The number of esters is 4. The number of phosphoric ester groups is 2. The van der Waals surface area contributed by atoms with E-state index in [0.717, 1.165) is 108 Å². The van der Waals surface area contributed by atoms with Crippen LogP contribution in [0.4, 0.5) is 0 Å². The molecule has 0 rings (SSSR count). The lowest BCUT2D eigenvalue weighted by molar-refractivity contribution is -0.161. The minimum atomic E-state index is -4.96. The number of carbonyl (C=O) groups is 4. The largest absolute Gasteiger partial charge is 0.472 e. The van der Waals surface area contributed by atoms with Gasteiger partial charge in [0.05, 0.1) is 26.4 Å². The normalized spacial score (nSPS) is 14.2. The van der Waals surface area contributed by atoms with Crippen LogP contribution in [0, 0.1) is 11.8 Å². The summed E-state index contributed by atoms with van der Waals surface area (Å²) < 4.78 is 68.7. The Hall–Kier alpha value is -1.94. The van der Waals surface area contributed by atoms with E-state index in [9.17, 15) is 43.2 Å². The molecule has 0 fully saturated rings. The van der Waals surface area contributed by atoms with Crippen molar-refractivity contribution < 1.29 is 80.2 Å². The Balaban J connectivity index is 5.22. The third kappa shape index (κ3) is 73.0. The predicted molar refractivity (Wildman–Crippen MR) is 409 cm³/mol. The van der Waals surface area contributed by atoms with Crippen molar-refractivity contribution in [2.75, 3.05) is 39.6 Å². The van der Waals surface area contributed by atoms with Crippen LogP contribution in [0.3, 0.4) is 0 Å². The van der Waals surface area contributed by atoms with Crippen molar-refractivity contribution in [3.8, 4) is 0 Å². The number of ether oxygens (including phenoxy) is 4. The molecule has 17 nitrogen and oxygen atoms in total. The molecular formula is C81H158O17P2. The van der Waals surface area contributed by atoms with Gasteiger partial charge >= 0.3 is 39.5 Å². The zero-order valence-electron chi connectivity index (χ0n) is 65.5. The molecule has 0 bridgehead atoms. The third-order valence-corrected chi connectivity index (χ3v) is 21.2. The number of phosphoric acid groups is 2. The Labute approximate surface area is 613 Å². The maximum atomic E-state index is 13.1. The van der Waals surface area contributed by atoms with E-state index in [1.54, 1.807) is 0 Å². The fourth-order valence-electron chi connectivity index (χ4n) is 12.5. The maximum Gasteiger partial charge on any atom is 0.472 e. The van der Waals surface area contributed by atoms with Crippen LogP contribution < -0.4 is 0 Å². The molecule has 0 aromatic rings. The van der Waals surface area contributed by atoms with Crippen molar-refractivity contribution in [1.82, 2.24) is 0 Å². The zero-order valence-corrected chi connectivity index (χ0v) is 67.3. The van der Waals surface area contributed by atoms with Gasteiger partial charge in [-0.05, 0) is 37.5 Å². The van der Waals surface area contributed by atoms with E-state index in [1.165, 1.54) is 238 Å². The van der Waals surface area contributed by atoms with E-state index < -0.39 is 97.5 Å². The van der Waals surface area contributed by atoms with Crippen molar-refractivity contribution in [1.29, 1.82) is 0 Å². The summed E-state index contributed by atoms with van der Waals surface area (Å²) in [5.74, 6) is -0.580. The molecule has 0 aliphatic carbocycles. The molecule has 0 saturated heterocycles. The average molecular weight is 1470 g/mol. The number of aliphatic hydroxyl groups is 1. The Kier molecular flexibility index (Phi) is 71.2. The summed E-state index contributed by atoms with van der Waals surface area (Å²) >= 11 is 0. The van der Waals surface area contributed by atoms with Gasteiger partial charge in [-0.25, -0.2) is 9.13 Å². The number of carbonyl (C=O) groups excluding carboxylic acids is 4. The third-order valence-electron chi connectivity index (χ3n) is 19.3. The molecule has 6 atom stereocenters. The van der Waals surface area contributed by atoms with Crippen molar-refractivity contribution in [3.63, 3.8) is 0 Å². The second kappa shape index (κ2) is 72.6. The second-order valence-corrected chi connectivity index (χ2v) is 32.8. The summed E-state index contributed by atoms with van der Waals surface area (Å²) in [5.41, 5.74) is 0. The number of unbranched alkanes of at least 4 members (excludes halogenated alkanes) is 49. The molecule has 594 valence electrons. The van der Waals surface area contributed by atoms with Gasteiger partial charge < -0.3 is 33.8 Å². The molecule has 0 amide bonds. The van der Waals surface area contributed by atoms with Gasteiger partial charge in [-0.3, -0.25) is 37.3 Å². The number of hydrogen-bond donors (Lipinski definition) is 3. The van der Waals surface area contributed by atoms with E-state index in [-0.39, 0.29) is 25.7 Å². The minimum absolute atomic E-state index is 0.107. The van der Waals surface area contributed by atoms with Gasteiger partial charge in [0.15, 0.2) is 12.2 Å². The van der Waals surface area contributed by atoms with Crippen molar-refractivity contribution in [2.45, 2.75) is 445 Å². The summed E-state index contributed by atoms with van der Waals surface area (Å²) in [6.07, 6.45) is 62.5. The first kappa shape index (κ1) is 98.1. The molecule has 0 radical (unpaired) electrons. The van der Waals surface area contributed by atoms with Crippen LogP contribution in [0.15, 0.2) is 0 Å². The van der Waals surface area contributed by atoms with Gasteiger partial charge in [0.2, 0.25) is 0 Å². The van der Waals surface area contributed by atoms with Crippen LogP contribution in [0.25, 0.3) is 0 Å². The minimum Gasteiger partial charge on any atom is -0.462 e. The van der Waals surface area contributed by atoms with Crippen LogP contribution in [0.2, 0.25) is 0 Å². The molecule has 0 aromatic carbocycles. The fourth-order valence-corrected chi connectivity index (χ4v) is 14.1. The molecule has 0 spiro atoms. The molecular weight excluding hydrogens is 1310 g/mol. The molecule has 3 N–H and O–H groups in total. The molecule has 0 heterocycles. The van der Waals surface area contributed by atoms with Crippen LogP contribution in [0.5, 0.6) is 0 Å². The standard InChI is InChI=1S/C81H158O17P2/c1-7-10-12-14-16-18-20-22-23-24-25-26-27-28-29-34-38-42-46-54-60-66-81(86)97-76(69-91-78(83)63-57-51-44-40-37-33-31-30-32-35-39-43-49-55-61-73(4)5)71-95-99(87,88)93-67-75(82)68-94-100(89,90)96-72-77(70-92-79(84)64-58-52-48-47-50-56-62-74(6)9-3)98-80(85)65-59-53-45-41-36-21-19-17-15-13-11-8-2/h73-77,82H,7-72H2,1-6H3,(H,87,88)(H,89,90)/t74?,75-,76-,77-/m1/s1. The quantitative estimate of drug-likeness (QED) is 0.0222. The summed E-state index contributed by atoms with van der Waals surface area (Å²) in [7, 11) is -9.92. The first-order chi connectivity index (χ1) is 48.4. The lowest BCUT2D eigenvalue weighted by Gasteiger charge is -2.21. The summed E-state index contributed by atoms with van der Waals surface area (Å²) in [5, 5.41) is 10.6. The maximum absolute atomic E-state index is 13.1. The van der Waals surface area contributed by atoms with Crippen LogP contribution >= 0.6 is 15.6 Å². The van der Waals surface area contributed by atoms with E-state index >= 15 is 0 Å². The Morgan fingerprint density at radius 3 is 0.760 bits per heavy atom. The average Bonchev–Trinajstić information content (AvgIpc) is 0.925. The lowest BCUT2D eigenvalue weighted by atomic mass is 10.00. The second-order valence-electron chi connectivity index (χ2n) is 29.9. The number of aliphatic hydroxyl groups excluding tert-OH is 1. The van der Waals surface area contributed by atoms with Crippen molar-refractivity contribution in [3.05, 3.63) is 0 Å². The first-order valence-corrected chi connectivity index (χ1v) is 45.0. The Morgan fingerprint density at radius 1 is 0.290 bits per heavy atom. The Morgan fingerprint density at radius 2 is 0.510 bits per heavy atom. The van der Waals surface area contributed by atoms with Crippen LogP contribution in [0.1, 0.15) is 427 Å². The van der Waals surface area contributed by atoms with Gasteiger partial charge in [0.25, 0.3) is 0 Å². The number of rotatable bonds is 80. The smallest absolute Gasteiger partial charge is 0.462 e. The SMILES string of the molecule is CCCCCCCCCCCCCCCCCCCCCCCC(=O)O[C@H](COC(=O)CCCCCCCCCCCCCCCCC(C)C)COP(=O)(O)OC[C@@H](O)COP(=O)(O)OC[C@@H](COC(=O)CCCCCCCCC(C)CC)OC(=O)CCCCCCCCCCCCCC. The molecule has 19 heteroatoms. The molecule has 0 saturated carbocycles. The highest BCUT2D eigenvalue weighted by Gasteiger charge is 2.30. The van der Waals surface area contributed by atoms with E-state index in [0.29, 0.717) is 25.7 Å². The predicted octanol–water partition coefficient (Wildman–Crippen LogP) is 24.3. The highest BCUT2D eigenvalue weighted by molar-refractivity contribution is 7.47.